The van der Waals surface area contributed by atoms with Gasteiger partial charge in [-0.2, -0.15) is 0 Å². The Hall–Kier alpha value is -1.24. The van der Waals surface area contributed by atoms with E-state index in [-0.39, 0.29) is 0 Å². The summed E-state index contributed by atoms with van der Waals surface area (Å²) in [7, 11) is 0. The Balaban J connectivity index is 1.84. The molecule has 3 heterocycles. The van der Waals surface area contributed by atoms with Crippen molar-refractivity contribution >= 4 is 27.4 Å². The number of aryl methyl sites for hydroxylation is 2. The Bertz CT molecular complexity index is 655. The van der Waals surface area contributed by atoms with Gasteiger partial charge < -0.3 is 10.5 Å². The predicted molar refractivity (Wildman–Crippen MR) is 86.6 cm³/mol. The lowest BCUT2D eigenvalue weighted by molar-refractivity contribution is -0.0331. The minimum Gasteiger partial charge on any atom is -0.383 e. The molecular weight excluding hydrogens is 284 g/mol. The molecule has 0 amide bonds. The molecule has 1 unspecified atom stereocenters. The molecule has 0 bridgehead atoms. The zero-order valence-corrected chi connectivity index (χ0v) is 13.7. The molecule has 0 saturated carbocycles. The summed E-state index contributed by atoms with van der Waals surface area (Å²) in [5, 5.41) is 1.02. The second-order valence-corrected chi connectivity index (χ2v) is 6.83. The van der Waals surface area contributed by atoms with Gasteiger partial charge in [0, 0.05) is 18.0 Å². The number of rotatable bonds is 3. The summed E-state index contributed by atoms with van der Waals surface area (Å²) in [5.74, 6) is 1.43. The van der Waals surface area contributed by atoms with Gasteiger partial charge in [0.2, 0.25) is 0 Å². The van der Waals surface area contributed by atoms with Crippen molar-refractivity contribution in [1.82, 2.24) is 14.9 Å². The van der Waals surface area contributed by atoms with Crippen molar-refractivity contribution < 1.29 is 4.74 Å². The van der Waals surface area contributed by atoms with Gasteiger partial charge in [0.1, 0.15) is 16.5 Å². The number of hydrogen-bond acceptors (Lipinski definition) is 6. The van der Waals surface area contributed by atoms with E-state index in [4.69, 9.17) is 15.5 Å². The van der Waals surface area contributed by atoms with Crippen molar-refractivity contribution in [3.63, 3.8) is 0 Å². The lowest BCUT2D eigenvalue weighted by atomic mass is 10.2. The fourth-order valence-electron chi connectivity index (χ4n) is 2.77. The first-order chi connectivity index (χ1) is 10.1. The van der Waals surface area contributed by atoms with Crippen LogP contribution in [-0.2, 0) is 11.3 Å². The van der Waals surface area contributed by atoms with E-state index in [0.29, 0.717) is 11.9 Å². The number of nitrogens with zero attached hydrogens (tertiary/aromatic N) is 3. The zero-order valence-electron chi connectivity index (χ0n) is 12.8. The lowest BCUT2D eigenvalue weighted by Crippen LogP contribution is -2.41. The van der Waals surface area contributed by atoms with Crippen LogP contribution in [0.15, 0.2) is 0 Å². The highest BCUT2D eigenvalue weighted by Gasteiger charge is 2.20. The van der Waals surface area contributed by atoms with Crippen molar-refractivity contribution in [2.45, 2.75) is 39.8 Å². The second-order valence-electron chi connectivity index (χ2n) is 5.62. The summed E-state index contributed by atoms with van der Waals surface area (Å²) < 4.78 is 5.70. The standard InChI is InChI=1S/C15H22N4OS/c1-4-11-7-19(5-6-20-11)8-12-17-14(16)13-9(2)10(3)21-15(13)18-12/h11H,4-8H2,1-3H3,(H2,16,17,18). The highest BCUT2D eigenvalue weighted by atomic mass is 32.1. The third-order valence-electron chi connectivity index (χ3n) is 4.15. The van der Waals surface area contributed by atoms with Crippen LogP contribution in [0.5, 0.6) is 0 Å². The van der Waals surface area contributed by atoms with E-state index < -0.39 is 0 Å². The molecule has 0 spiro atoms. The molecule has 0 aromatic carbocycles. The third-order valence-corrected chi connectivity index (χ3v) is 5.25. The highest BCUT2D eigenvalue weighted by molar-refractivity contribution is 7.18. The first kappa shape index (κ1) is 14.7. The Morgan fingerprint density at radius 3 is 2.95 bits per heavy atom. The smallest absolute Gasteiger partial charge is 0.146 e. The molecular formula is C15H22N4OS. The van der Waals surface area contributed by atoms with Gasteiger partial charge in [-0.15, -0.1) is 11.3 Å². The number of ether oxygens (including phenoxy) is 1. The van der Waals surface area contributed by atoms with Crippen LogP contribution in [0.3, 0.4) is 0 Å². The summed E-state index contributed by atoms with van der Waals surface area (Å²) in [4.78, 5) is 13.8. The molecule has 1 fully saturated rings. The van der Waals surface area contributed by atoms with E-state index in [9.17, 15) is 0 Å². The van der Waals surface area contributed by atoms with Crippen LogP contribution in [0, 0.1) is 13.8 Å². The van der Waals surface area contributed by atoms with Crippen LogP contribution < -0.4 is 5.73 Å². The van der Waals surface area contributed by atoms with E-state index in [1.807, 2.05) is 0 Å². The monoisotopic (exact) mass is 306 g/mol. The molecule has 6 heteroatoms. The van der Waals surface area contributed by atoms with Crippen molar-refractivity contribution in [3.05, 3.63) is 16.3 Å². The van der Waals surface area contributed by atoms with Crippen molar-refractivity contribution in [2.75, 3.05) is 25.4 Å². The molecule has 1 aliphatic heterocycles. The fraction of sp³-hybridized carbons (Fsp3) is 0.600. The molecule has 21 heavy (non-hydrogen) atoms. The molecule has 2 aromatic rings. The van der Waals surface area contributed by atoms with E-state index >= 15 is 0 Å². The fourth-order valence-corrected chi connectivity index (χ4v) is 3.82. The average Bonchev–Trinajstić information content (AvgIpc) is 2.74. The molecule has 1 atom stereocenters. The minimum atomic E-state index is 0.325. The van der Waals surface area contributed by atoms with Gasteiger partial charge in [0.15, 0.2) is 0 Å². The molecule has 0 radical (unpaired) electrons. The van der Waals surface area contributed by atoms with Crippen molar-refractivity contribution in [2.24, 2.45) is 0 Å². The molecule has 1 saturated heterocycles. The Morgan fingerprint density at radius 2 is 2.19 bits per heavy atom. The molecule has 0 aliphatic carbocycles. The van der Waals surface area contributed by atoms with Crippen molar-refractivity contribution in [1.29, 1.82) is 0 Å². The van der Waals surface area contributed by atoms with Gasteiger partial charge in [-0.05, 0) is 25.8 Å². The molecule has 2 N–H and O–H groups in total. The Morgan fingerprint density at radius 1 is 1.38 bits per heavy atom. The summed E-state index contributed by atoms with van der Waals surface area (Å²) >= 11 is 1.70. The maximum atomic E-state index is 6.14. The average molecular weight is 306 g/mol. The van der Waals surface area contributed by atoms with Crippen LogP contribution in [-0.4, -0.2) is 40.7 Å². The second kappa shape index (κ2) is 5.87. The summed E-state index contributed by atoms with van der Waals surface area (Å²) in [5.41, 5.74) is 7.35. The maximum absolute atomic E-state index is 6.14. The predicted octanol–water partition coefficient (Wildman–Crippen LogP) is 2.50. The summed E-state index contributed by atoms with van der Waals surface area (Å²) in [6, 6.07) is 0. The first-order valence-corrected chi connectivity index (χ1v) is 8.26. The topological polar surface area (TPSA) is 64.3 Å². The number of nitrogens with two attached hydrogens (primary N) is 1. The SMILES string of the molecule is CCC1CN(Cc2nc(N)c3c(C)c(C)sc3n2)CCO1. The number of nitrogen functional groups attached to an aromatic ring is 1. The van der Waals surface area contributed by atoms with Gasteiger partial charge >= 0.3 is 0 Å². The molecule has 1 aliphatic rings. The van der Waals surface area contributed by atoms with Gasteiger partial charge in [0.05, 0.1) is 24.6 Å². The molecule has 2 aromatic heterocycles. The van der Waals surface area contributed by atoms with Crippen molar-refractivity contribution in [3.8, 4) is 0 Å². The molecule has 3 rings (SSSR count). The van der Waals surface area contributed by atoms with Crippen LogP contribution in [0.2, 0.25) is 0 Å². The lowest BCUT2D eigenvalue weighted by Gasteiger charge is -2.31. The summed E-state index contributed by atoms with van der Waals surface area (Å²) in [6.07, 6.45) is 1.37. The Kier molecular flexibility index (Phi) is 4.10. The molecule has 5 nitrogen and oxygen atoms in total. The van der Waals surface area contributed by atoms with Gasteiger partial charge in [0.25, 0.3) is 0 Å². The van der Waals surface area contributed by atoms with E-state index in [0.717, 1.165) is 48.7 Å². The van der Waals surface area contributed by atoms with Gasteiger partial charge in [-0.3, -0.25) is 4.90 Å². The highest BCUT2D eigenvalue weighted by Crippen LogP contribution is 2.32. The van der Waals surface area contributed by atoms with Gasteiger partial charge in [-0.1, -0.05) is 6.92 Å². The quantitative estimate of drug-likeness (QED) is 0.944. The van der Waals surface area contributed by atoms with Gasteiger partial charge in [-0.25, -0.2) is 9.97 Å². The number of morpholine rings is 1. The summed E-state index contributed by atoms with van der Waals surface area (Å²) in [6.45, 7) is 9.76. The van der Waals surface area contributed by atoms with E-state index in [2.05, 4.69) is 30.7 Å². The molecule has 114 valence electrons. The van der Waals surface area contributed by atoms with Crippen LogP contribution in [0.4, 0.5) is 5.82 Å². The Labute approximate surface area is 129 Å². The van der Waals surface area contributed by atoms with E-state index in [1.54, 1.807) is 11.3 Å². The normalized spacial score (nSPS) is 20.2. The number of aromatic nitrogens is 2. The third kappa shape index (κ3) is 2.88. The van der Waals surface area contributed by atoms with Crippen LogP contribution in [0.25, 0.3) is 10.2 Å². The number of anilines is 1. The number of thiophene rings is 1. The minimum absolute atomic E-state index is 0.325. The maximum Gasteiger partial charge on any atom is 0.146 e. The number of fused-ring (bicyclic) bond motifs is 1. The van der Waals surface area contributed by atoms with E-state index in [1.165, 1.54) is 10.4 Å². The first-order valence-electron chi connectivity index (χ1n) is 7.44. The zero-order chi connectivity index (χ0) is 15.0. The van der Waals surface area contributed by atoms with Crippen LogP contribution in [0.1, 0.15) is 29.6 Å². The largest absolute Gasteiger partial charge is 0.383 e. The van der Waals surface area contributed by atoms with Crippen LogP contribution >= 0.6 is 11.3 Å². The number of hydrogen-bond donors (Lipinski definition) is 1.